The van der Waals surface area contributed by atoms with Crippen LogP contribution in [0.25, 0.3) is 11.0 Å². The van der Waals surface area contributed by atoms with Crippen LogP contribution in [0.2, 0.25) is 0 Å². The first kappa shape index (κ1) is 18.7. The van der Waals surface area contributed by atoms with Crippen molar-refractivity contribution in [2.45, 2.75) is 38.1 Å². The van der Waals surface area contributed by atoms with Crippen LogP contribution in [0, 0.1) is 11.8 Å². The molecular weight excluding hydrogens is 346 g/mol. The molecule has 1 aliphatic heterocycles. The van der Waals surface area contributed by atoms with Gasteiger partial charge in [0, 0.05) is 24.4 Å². The average molecular weight is 373 g/mol. The van der Waals surface area contributed by atoms with E-state index in [1.165, 1.54) is 16.5 Å². The maximum atomic E-state index is 5.50. The Kier molecular flexibility index (Phi) is 5.69. The van der Waals surface area contributed by atoms with E-state index in [-0.39, 0.29) is 0 Å². The van der Waals surface area contributed by atoms with E-state index in [1.807, 2.05) is 6.07 Å². The van der Waals surface area contributed by atoms with E-state index in [2.05, 4.69) is 66.1 Å². The molecule has 0 N–H and O–H groups in total. The summed E-state index contributed by atoms with van der Waals surface area (Å²) in [5.41, 5.74) is 3.68. The largest absolute Gasteiger partial charge is 0.497 e. The number of hydrogen-bond donors (Lipinski definition) is 0. The summed E-state index contributed by atoms with van der Waals surface area (Å²) in [6.45, 7) is 4.02. The fraction of sp³-hybridized carbons (Fsp3) is 0.360. The average Bonchev–Trinajstić information content (AvgIpc) is 3.37. The maximum Gasteiger partial charge on any atom is 0.133 e. The summed E-state index contributed by atoms with van der Waals surface area (Å²) in [5, 5.41) is 1.18. The van der Waals surface area contributed by atoms with Crippen molar-refractivity contribution in [3.63, 3.8) is 0 Å². The van der Waals surface area contributed by atoms with Crippen molar-refractivity contribution in [2.75, 3.05) is 20.2 Å². The molecule has 1 fully saturated rings. The molecule has 2 heterocycles. The minimum absolute atomic E-state index is 0.381. The number of hydrogen-bond acceptors (Lipinski definition) is 3. The summed E-state index contributed by atoms with van der Waals surface area (Å²) in [7, 11) is 1.71. The van der Waals surface area contributed by atoms with Gasteiger partial charge in [0.1, 0.15) is 11.3 Å². The quantitative estimate of drug-likeness (QED) is 0.531. The number of ether oxygens (including phenoxy) is 1. The standard InChI is InChI=1S/C25H27NO2/c1-3-4-5-6-14-26-18-22(20-9-12-25-21(16-20)13-15-28-25)17-24(26)19-7-10-23(27-2)11-8-19/h7-13,15-16,22,24H,3-4,14,17-18H2,1-2H3. The molecule has 0 saturated carbocycles. The van der Waals surface area contributed by atoms with E-state index >= 15 is 0 Å². The lowest BCUT2D eigenvalue weighted by molar-refractivity contribution is 0.288. The molecule has 1 aliphatic rings. The maximum absolute atomic E-state index is 5.50. The monoisotopic (exact) mass is 373 g/mol. The molecule has 0 spiro atoms. The highest BCUT2D eigenvalue weighted by atomic mass is 16.5. The molecular formula is C25H27NO2. The first-order chi connectivity index (χ1) is 13.8. The molecule has 1 saturated heterocycles. The van der Waals surface area contributed by atoms with Crippen molar-refractivity contribution in [1.82, 2.24) is 4.90 Å². The van der Waals surface area contributed by atoms with Crippen molar-refractivity contribution in [2.24, 2.45) is 0 Å². The third-order valence-electron chi connectivity index (χ3n) is 5.63. The zero-order valence-electron chi connectivity index (χ0n) is 16.7. The van der Waals surface area contributed by atoms with Crippen molar-refractivity contribution in [3.8, 4) is 17.6 Å². The molecule has 2 unspecified atom stereocenters. The Hall–Kier alpha value is -2.70. The van der Waals surface area contributed by atoms with E-state index < -0.39 is 0 Å². The summed E-state index contributed by atoms with van der Waals surface area (Å²) in [6, 6.07) is 17.5. The molecule has 144 valence electrons. The van der Waals surface area contributed by atoms with Crippen LogP contribution < -0.4 is 4.74 Å². The summed E-state index contributed by atoms with van der Waals surface area (Å²) >= 11 is 0. The summed E-state index contributed by atoms with van der Waals surface area (Å²) in [5.74, 6) is 8.09. The predicted molar refractivity (Wildman–Crippen MR) is 114 cm³/mol. The number of nitrogens with zero attached hydrogens (tertiary/aromatic N) is 1. The second kappa shape index (κ2) is 8.54. The topological polar surface area (TPSA) is 25.6 Å². The van der Waals surface area contributed by atoms with E-state index in [1.54, 1.807) is 13.4 Å². The zero-order chi connectivity index (χ0) is 19.3. The van der Waals surface area contributed by atoms with Gasteiger partial charge in [0.25, 0.3) is 0 Å². The van der Waals surface area contributed by atoms with Crippen LogP contribution in [0.1, 0.15) is 49.3 Å². The smallest absolute Gasteiger partial charge is 0.133 e. The molecule has 3 aromatic rings. The molecule has 28 heavy (non-hydrogen) atoms. The number of fused-ring (bicyclic) bond motifs is 1. The van der Waals surface area contributed by atoms with Crippen LogP contribution in [0.4, 0.5) is 0 Å². The lowest BCUT2D eigenvalue weighted by Crippen LogP contribution is -2.24. The number of rotatable bonds is 5. The molecule has 1 aromatic heterocycles. The van der Waals surface area contributed by atoms with E-state index in [4.69, 9.17) is 9.15 Å². The third kappa shape index (κ3) is 3.93. The fourth-order valence-corrected chi connectivity index (χ4v) is 4.10. The highest BCUT2D eigenvalue weighted by molar-refractivity contribution is 5.77. The summed E-state index contributed by atoms with van der Waals surface area (Å²) in [4.78, 5) is 2.52. The van der Waals surface area contributed by atoms with Gasteiger partial charge < -0.3 is 9.15 Å². The summed E-state index contributed by atoms with van der Waals surface area (Å²) < 4.78 is 10.8. The van der Waals surface area contributed by atoms with Crippen LogP contribution in [-0.4, -0.2) is 25.1 Å². The zero-order valence-corrected chi connectivity index (χ0v) is 16.7. The Morgan fingerprint density at radius 2 is 1.89 bits per heavy atom. The number of unbranched alkanes of at least 4 members (excludes halogenated alkanes) is 1. The van der Waals surface area contributed by atoms with Gasteiger partial charge in [-0.2, -0.15) is 0 Å². The van der Waals surface area contributed by atoms with Crippen molar-refractivity contribution < 1.29 is 9.15 Å². The summed E-state index contributed by atoms with van der Waals surface area (Å²) in [6.07, 6.45) is 4.95. The van der Waals surface area contributed by atoms with Crippen LogP contribution >= 0.6 is 0 Å². The number of methoxy groups -OCH3 is 1. The molecule has 4 rings (SSSR count). The SMILES string of the molecule is CCCC#CCN1CC(c2ccc3occc3c2)CC1c1ccc(OC)cc1. The first-order valence-corrected chi connectivity index (χ1v) is 10.1. The minimum Gasteiger partial charge on any atom is -0.497 e. The first-order valence-electron chi connectivity index (χ1n) is 10.1. The van der Waals surface area contributed by atoms with Gasteiger partial charge in [-0.15, -0.1) is 5.92 Å². The van der Waals surface area contributed by atoms with Crippen LogP contribution in [-0.2, 0) is 0 Å². The lowest BCUT2D eigenvalue weighted by Gasteiger charge is -2.22. The molecule has 3 heteroatoms. The van der Waals surface area contributed by atoms with Crippen LogP contribution in [0.15, 0.2) is 59.2 Å². The van der Waals surface area contributed by atoms with Gasteiger partial charge in [-0.25, -0.2) is 0 Å². The van der Waals surface area contributed by atoms with Crippen molar-refractivity contribution in [1.29, 1.82) is 0 Å². The normalized spacial score (nSPS) is 19.5. The number of likely N-dealkylation sites (tertiary alicyclic amines) is 1. The highest BCUT2D eigenvalue weighted by Crippen LogP contribution is 2.41. The molecule has 2 atom stereocenters. The molecule has 2 aromatic carbocycles. The molecule has 3 nitrogen and oxygen atoms in total. The number of benzene rings is 2. The van der Waals surface area contributed by atoms with Gasteiger partial charge in [-0.1, -0.05) is 31.0 Å². The lowest BCUT2D eigenvalue weighted by atomic mass is 9.93. The Bertz CT molecular complexity index is 977. The van der Waals surface area contributed by atoms with E-state index in [0.29, 0.717) is 12.0 Å². The van der Waals surface area contributed by atoms with Crippen LogP contribution in [0.3, 0.4) is 0 Å². The van der Waals surface area contributed by atoms with Gasteiger partial charge >= 0.3 is 0 Å². The highest BCUT2D eigenvalue weighted by Gasteiger charge is 2.33. The third-order valence-corrected chi connectivity index (χ3v) is 5.63. The van der Waals surface area contributed by atoms with Gasteiger partial charge in [0.2, 0.25) is 0 Å². The fourth-order valence-electron chi connectivity index (χ4n) is 4.10. The molecule has 0 aliphatic carbocycles. The Morgan fingerprint density at radius 3 is 2.68 bits per heavy atom. The van der Waals surface area contributed by atoms with Gasteiger partial charge in [0.15, 0.2) is 0 Å². The van der Waals surface area contributed by atoms with E-state index in [9.17, 15) is 0 Å². The molecule has 0 bridgehead atoms. The Balaban J connectivity index is 1.58. The predicted octanol–water partition coefficient (Wildman–Crippen LogP) is 5.78. The van der Waals surface area contributed by atoms with Crippen LogP contribution in [0.5, 0.6) is 5.75 Å². The Morgan fingerprint density at radius 1 is 1.07 bits per heavy atom. The Labute approximate surface area is 167 Å². The van der Waals surface area contributed by atoms with Crippen molar-refractivity contribution >= 4 is 11.0 Å². The minimum atomic E-state index is 0.381. The van der Waals surface area contributed by atoms with Gasteiger partial charge in [-0.05, 0) is 60.2 Å². The second-order valence-corrected chi connectivity index (χ2v) is 7.47. The second-order valence-electron chi connectivity index (χ2n) is 7.47. The number of furan rings is 1. The van der Waals surface area contributed by atoms with Gasteiger partial charge in [-0.3, -0.25) is 4.90 Å². The molecule has 0 radical (unpaired) electrons. The van der Waals surface area contributed by atoms with E-state index in [0.717, 1.165) is 43.7 Å². The molecule has 0 amide bonds. The van der Waals surface area contributed by atoms with Crippen molar-refractivity contribution in [3.05, 3.63) is 65.9 Å². The van der Waals surface area contributed by atoms with Gasteiger partial charge in [0.05, 0.1) is 19.9 Å².